The monoisotopic (exact) mass is 364 g/mol. The topological polar surface area (TPSA) is 69.7 Å². The molecule has 2 aromatic rings. The zero-order valence-corrected chi connectivity index (χ0v) is 16.1. The molecular formula is C18H24N2O4S. The normalized spacial score (nSPS) is 10.4. The van der Waals surface area contributed by atoms with Gasteiger partial charge in [-0.25, -0.2) is 4.98 Å². The molecule has 0 atom stereocenters. The van der Waals surface area contributed by atoms with E-state index in [2.05, 4.69) is 24.1 Å². The van der Waals surface area contributed by atoms with Gasteiger partial charge in [0, 0.05) is 17.0 Å². The Bertz CT molecular complexity index is 743. The lowest BCUT2D eigenvalue weighted by Gasteiger charge is -2.13. The van der Waals surface area contributed by atoms with E-state index in [1.807, 2.05) is 0 Å². The molecule has 2 rings (SSSR count). The molecule has 25 heavy (non-hydrogen) atoms. The zero-order chi connectivity index (χ0) is 18.4. The van der Waals surface area contributed by atoms with Crippen LogP contribution in [-0.4, -0.2) is 32.2 Å². The Labute approximate surface area is 152 Å². The highest BCUT2D eigenvalue weighted by molar-refractivity contribution is 7.15. The predicted molar refractivity (Wildman–Crippen MR) is 99.5 cm³/mol. The molecule has 0 aliphatic rings. The molecule has 0 fully saturated rings. The van der Waals surface area contributed by atoms with Gasteiger partial charge in [-0.3, -0.25) is 10.1 Å². The third-order valence-electron chi connectivity index (χ3n) is 3.76. The first-order valence-electron chi connectivity index (χ1n) is 8.17. The SMILES string of the molecule is CCCc1nc(NC(=O)c2cc(OC)c(OC)cc2OC)sc1CC. The number of rotatable bonds is 8. The second kappa shape index (κ2) is 8.71. The summed E-state index contributed by atoms with van der Waals surface area (Å²) in [6.45, 7) is 4.21. The molecule has 0 radical (unpaired) electrons. The number of thiazole rings is 1. The number of methoxy groups -OCH3 is 3. The van der Waals surface area contributed by atoms with Gasteiger partial charge in [-0.1, -0.05) is 20.3 Å². The number of anilines is 1. The number of nitrogens with zero attached hydrogens (tertiary/aromatic N) is 1. The minimum absolute atomic E-state index is 0.294. The largest absolute Gasteiger partial charge is 0.496 e. The number of nitrogens with one attached hydrogen (secondary N) is 1. The Balaban J connectivity index is 2.31. The van der Waals surface area contributed by atoms with E-state index in [1.54, 1.807) is 12.1 Å². The first kappa shape index (κ1) is 19.1. The molecule has 0 unspecified atom stereocenters. The predicted octanol–water partition coefficient (Wildman–Crippen LogP) is 3.94. The number of amides is 1. The highest BCUT2D eigenvalue weighted by atomic mass is 32.1. The fourth-order valence-electron chi connectivity index (χ4n) is 2.52. The fraction of sp³-hybridized carbons (Fsp3) is 0.444. The Kier molecular flexibility index (Phi) is 6.64. The van der Waals surface area contributed by atoms with Gasteiger partial charge in [-0.05, 0) is 12.8 Å². The van der Waals surface area contributed by atoms with Crippen LogP contribution in [-0.2, 0) is 12.8 Å². The summed E-state index contributed by atoms with van der Waals surface area (Å²) in [7, 11) is 4.57. The van der Waals surface area contributed by atoms with Gasteiger partial charge >= 0.3 is 0 Å². The maximum Gasteiger partial charge on any atom is 0.261 e. The zero-order valence-electron chi connectivity index (χ0n) is 15.3. The number of aromatic nitrogens is 1. The van der Waals surface area contributed by atoms with Gasteiger partial charge < -0.3 is 14.2 Å². The summed E-state index contributed by atoms with van der Waals surface area (Å²) in [5, 5.41) is 3.47. The smallest absolute Gasteiger partial charge is 0.261 e. The Morgan fingerprint density at radius 3 is 2.28 bits per heavy atom. The van der Waals surface area contributed by atoms with Crippen molar-refractivity contribution in [1.82, 2.24) is 4.98 Å². The van der Waals surface area contributed by atoms with Crippen molar-refractivity contribution in [2.24, 2.45) is 0 Å². The summed E-state index contributed by atoms with van der Waals surface area (Å²) < 4.78 is 15.8. The van der Waals surface area contributed by atoms with Crippen molar-refractivity contribution < 1.29 is 19.0 Å². The summed E-state index contributed by atoms with van der Waals surface area (Å²) >= 11 is 1.51. The van der Waals surface area contributed by atoms with Crippen LogP contribution in [0.25, 0.3) is 0 Å². The summed E-state index contributed by atoms with van der Waals surface area (Å²) in [5.74, 6) is 1.09. The van der Waals surface area contributed by atoms with Crippen LogP contribution in [0.2, 0.25) is 0 Å². The molecule has 6 nitrogen and oxygen atoms in total. The van der Waals surface area contributed by atoms with Gasteiger partial charge in [-0.15, -0.1) is 11.3 Å². The van der Waals surface area contributed by atoms with Crippen LogP contribution in [0.4, 0.5) is 5.13 Å². The second-order valence-electron chi connectivity index (χ2n) is 5.35. The molecule has 0 aliphatic heterocycles. The second-order valence-corrected chi connectivity index (χ2v) is 6.44. The fourth-order valence-corrected chi connectivity index (χ4v) is 3.46. The maximum atomic E-state index is 12.7. The molecule has 1 N–H and O–H groups in total. The Morgan fingerprint density at radius 1 is 1.08 bits per heavy atom. The molecule has 1 heterocycles. The van der Waals surface area contributed by atoms with E-state index in [0.717, 1.165) is 25.0 Å². The van der Waals surface area contributed by atoms with E-state index in [0.29, 0.717) is 27.9 Å². The lowest BCUT2D eigenvalue weighted by atomic mass is 10.1. The van der Waals surface area contributed by atoms with Crippen LogP contribution in [0.3, 0.4) is 0 Å². The van der Waals surface area contributed by atoms with E-state index >= 15 is 0 Å². The number of carbonyl (C=O) groups excluding carboxylic acids is 1. The molecule has 1 amide bonds. The van der Waals surface area contributed by atoms with Crippen LogP contribution >= 0.6 is 11.3 Å². The van der Waals surface area contributed by atoms with Gasteiger partial charge in [0.1, 0.15) is 5.75 Å². The molecule has 1 aromatic carbocycles. The lowest BCUT2D eigenvalue weighted by molar-refractivity contribution is 0.102. The molecule has 0 aliphatic carbocycles. The Hall–Kier alpha value is -2.28. The molecular weight excluding hydrogens is 340 g/mol. The summed E-state index contributed by atoms with van der Waals surface area (Å²) in [6, 6.07) is 3.24. The number of hydrogen-bond acceptors (Lipinski definition) is 6. The van der Waals surface area contributed by atoms with E-state index in [-0.39, 0.29) is 5.91 Å². The minimum atomic E-state index is -0.294. The highest BCUT2D eigenvalue weighted by Crippen LogP contribution is 2.35. The third kappa shape index (κ3) is 4.22. The summed E-state index contributed by atoms with van der Waals surface area (Å²) in [4.78, 5) is 18.5. The number of ether oxygens (including phenoxy) is 3. The molecule has 0 saturated heterocycles. The highest BCUT2D eigenvalue weighted by Gasteiger charge is 2.19. The van der Waals surface area contributed by atoms with Crippen LogP contribution < -0.4 is 19.5 Å². The van der Waals surface area contributed by atoms with Gasteiger partial charge in [0.05, 0.1) is 32.6 Å². The van der Waals surface area contributed by atoms with Gasteiger partial charge in [0.15, 0.2) is 16.6 Å². The quantitative estimate of drug-likeness (QED) is 0.768. The van der Waals surface area contributed by atoms with Crippen molar-refractivity contribution >= 4 is 22.4 Å². The number of aryl methyl sites for hydroxylation is 2. The van der Waals surface area contributed by atoms with Gasteiger partial charge in [0.2, 0.25) is 0 Å². The number of hydrogen-bond donors (Lipinski definition) is 1. The standard InChI is InChI=1S/C18H24N2O4S/c1-6-8-12-16(7-2)25-18(19-12)20-17(21)11-9-14(23-4)15(24-5)10-13(11)22-3/h9-10H,6-8H2,1-5H3,(H,19,20,21). The summed E-state index contributed by atoms with van der Waals surface area (Å²) in [5.41, 5.74) is 1.43. The van der Waals surface area contributed by atoms with Crippen LogP contribution in [0.5, 0.6) is 17.2 Å². The van der Waals surface area contributed by atoms with Crippen LogP contribution in [0.1, 0.15) is 41.2 Å². The van der Waals surface area contributed by atoms with Crippen molar-refractivity contribution in [1.29, 1.82) is 0 Å². The summed E-state index contributed by atoms with van der Waals surface area (Å²) in [6.07, 6.45) is 2.84. The average Bonchev–Trinajstić information content (AvgIpc) is 3.02. The molecule has 1 aromatic heterocycles. The van der Waals surface area contributed by atoms with E-state index in [1.165, 1.54) is 37.5 Å². The molecule has 7 heteroatoms. The van der Waals surface area contributed by atoms with Crippen molar-refractivity contribution in [2.45, 2.75) is 33.1 Å². The maximum absolute atomic E-state index is 12.7. The number of benzene rings is 1. The molecule has 0 saturated carbocycles. The van der Waals surface area contributed by atoms with Crippen LogP contribution in [0, 0.1) is 0 Å². The molecule has 136 valence electrons. The van der Waals surface area contributed by atoms with Crippen molar-refractivity contribution in [3.8, 4) is 17.2 Å². The van der Waals surface area contributed by atoms with Crippen molar-refractivity contribution in [2.75, 3.05) is 26.6 Å². The molecule has 0 spiro atoms. The minimum Gasteiger partial charge on any atom is -0.496 e. The van der Waals surface area contributed by atoms with E-state index < -0.39 is 0 Å². The van der Waals surface area contributed by atoms with E-state index in [4.69, 9.17) is 14.2 Å². The first-order chi connectivity index (χ1) is 12.1. The lowest BCUT2D eigenvalue weighted by Crippen LogP contribution is -2.13. The van der Waals surface area contributed by atoms with E-state index in [9.17, 15) is 4.79 Å². The van der Waals surface area contributed by atoms with Gasteiger partial charge in [-0.2, -0.15) is 0 Å². The van der Waals surface area contributed by atoms with Crippen molar-refractivity contribution in [3.05, 3.63) is 28.3 Å². The van der Waals surface area contributed by atoms with Crippen LogP contribution in [0.15, 0.2) is 12.1 Å². The van der Waals surface area contributed by atoms with Gasteiger partial charge in [0.25, 0.3) is 5.91 Å². The molecule has 0 bridgehead atoms. The first-order valence-corrected chi connectivity index (χ1v) is 8.99. The Morgan fingerprint density at radius 2 is 1.72 bits per heavy atom. The number of carbonyl (C=O) groups is 1. The average molecular weight is 364 g/mol. The third-order valence-corrected chi connectivity index (χ3v) is 4.91. The van der Waals surface area contributed by atoms with Crippen molar-refractivity contribution in [3.63, 3.8) is 0 Å².